The average molecular weight is 417 g/mol. The molecule has 1 saturated heterocycles. The third kappa shape index (κ3) is 5.61. The molecule has 1 heterocycles. The van der Waals surface area contributed by atoms with Crippen molar-refractivity contribution in [2.45, 2.75) is 75.1 Å². The van der Waals surface area contributed by atoms with Crippen molar-refractivity contribution in [3.63, 3.8) is 0 Å². The van der Waals surface area contributed by atoms with Gasteiger partial charge in [0.25, 0.3) is 0 Å². The van der Waals surface area contributed by atoms with Gasteiger partial charge in [0.2, 0.25) is 15.9 Å². The van der Waals surface area contributed by atoms with Gasteiger partial charge in [-0.3, -0.25) is 4.79 Å². The molecule has 1 saturated carbocycles. The lowest BCUT2D eigenvalue weighted by Crippen LogP contribution is -2.41. The topological polar surface area (TPSA) is 57.7 Å². The summed E-state index contributed by atoms with van der Waals surface area (Å²) in [5.41, 5.74) is 0.972. The van der Waals surface area contributed by atoms with Gasteiger partial charge in [0.05, 0.1) is 11.4 Å². The number of rotatable bonds is 7. The van der Waals surface area contributed by atoms with Crippen LogP contribution in [0.4, 0.5) is 0 Å². The monoisotopic (exact) mass is 416 g/mol. The second kappa shape index (κ2) is 10.3. The van der Waals surface area contributed by atoms with Gasteiger partial charge in [-0.05, 0) is 49.8 Å². The first kappa shape index (κ1) is 21.9. The van der Waals surface area contributed by atoms with Gasteiger partial charge in [0, 0.05) is 25.6 Å². The fraction of sp³-hybridized carbons (Fsp3) is 0.609. The van der Waals surface area contributed by atoms with E-state index in [4.69, 9.17) is 6.42 Å². The Morgan fingerprint density at radius 1 is 1.03 bits per heavy atom. The van der Waals surface area contributed by atoms with Gasteiger partial charge >= 0.3 is 0 Å². The number of terminal acetylenes is 1. The standard InChI is InChI=1S/C23H32N2O3S/c1-2-17-25(21-9-5-3-6-10-21)23(26)16-13-20-11-14-22(15-12-20)29(27,28)24-18-7-4-8-19-24/h1,11-12,14-15,21H,3-10,13,16-19H2. The number of piperidine rings is 1. The normalized spacial score (nSPS) is 18.9. The van der Waals surface area contributed by atoms with Gasteiger partial charge in [-0.2, -0.15) is 4.31 Å². The molecule has 1 amide bonds. The molecule has 0 atom stereocenters. The first-order valence-corrected chi connectivity index (χ1v) is 12.3. The molecular weight excluding hydrogens is 384 g/mol. The zero-order valence-corrected chi connectivity index (χ0v) is 18.0. The molecule has 1 aromatic rings. The van der Waals surface area contributed by atoms with Crippen molar-refractivity contribution in [3.05, 3.63) is 29.8 Å². The fourth-order valence-corrected chi connectivity index (χ4v) is 5.91. The van der Waals surface area contributed by atoms with Gasteiger partial charge in [0.15, 0.2) is 0 Å². The Bertz CT molecular complexity index is 815. The predicted molar refractivity (Wildman–Crippen MR) is 115 cm³/mol. The van der Waals surface area contributed by atoms with Gasteiger partial charge in [-0.25, -0.2) is 8.42 Å². The molecule has 0 bridgehead atoms. The summed E-state index contributed by atoms with van der Waals surface area (Å²) in [5.74, 6) is 2.73. The highest BCUT2D eigenvalue weighted by Crippen LogP contribution is 2.24. The number of carbonyl (C=O) groups excluding carboxylic acids is 1. The molecule has 6 heteroatoms. The van der Waals surface area contributed by atoms with Crippen molar-refractivity contribution in [2.24, 2.45) is 0 Å². The maximum absolute atomic E-state index is 12.8. The van der Waals surface area contributed by atoms with E-state index in [1.807, 2.05) is 17.0 Å². The number of carbonyl (C=O) groups is 1. The van der Waals surface area contributed by atoms with Crippen molar-refractivity contribution >= 4 is 15.9 Å². The van der Waals surface area contributed by atoms with E-state index in [0.717, 1.165) is 50.5 Å². The Morgan fingerprint density at radius 2 is 1.66 bits per heavy atom. The molecule has 0 unspecified atom stereocenters. The minimum Gasteiger partial charge on any atom is -0.329 e. The molecule has 1 aliphatic heterocycles. The third-order valence-electron chi connectivity index (χ3n) is 6.10. The summed E-state index contributed by atoms with van der Waals surface area (Å²) >= 11 is 0. The van der Waals surface area contributed by atoms with E-state index < -0.39 is 10.0 Å². The molecule has 1 aromatic carbocycles. The summed E-state index contributed by atoms with van der Waals surface area (Å²) in [6, 6.07) is 7.27. The summed E-state index contributed by atoms with van der Waals surface area (Å²) in [6.45, 7) is 1.58. The lowest BCUT2D eigenvalue weighted by Gasteiger charge is -2.33. The molecule has 5 nitrogen and oxygen atoms in total. The average Bonchev–Trinajstić information content (AvgIpc) is 2.77. The van der Waals surface area contributed by atoms with Crippen LogP contribution in [0.2, 0.25) is 0 Å². The van der Waals surface area contributed by atoms with E-state index >= 15 is 0 Å². The molecule has 0 radical (unpaired) electrons. The molecule has 158 valence electrons. The van der Waals surface area contributed by atoms with Crippen LogP contribution in [0.15, 0.2) is 29.2 Å². The number of sulfonamides is 1. The highest BCUT2D eigenvalue weighted by atomic mass is 32.2. The summed E-state index contributed by atoms with van der Waals surface area (Å²) in [7, 11) is -3.41. The Labute approximate surface area is 175 Å². The lowest BCUT2D eigenvalue weighted by molar-refractivity contribution is -0.133. The zero-order chi connectivity index (χ0) is 20.7. The van der Waals surface area contributed by atoms with Crippen molar-refractivity contribution in [2.75, 3.05) is 19.6 Å². The molecule has 2 aliphatic rings. The molecule has 1 aliphatic carbocycles. The Kier molecular flexibility index (Phi) is 7.74. The van der Waals surface area contributed by atoms with E-state index in [9.17, 15) is 13.2 Å². The zero-order valence-electron chi connectivity index (χ0n) is 17.2. The maximum Gasteiger partial charge on any atom is 0.243 e. The molecule has 0 N–H and O–H groups in total. The molecular formula is C23H32N2O3S. The van der Waals surface area contributed by atoms with Gasteiger partial charge in [-0.1, -0.05) is 43.7 Å². The van der Waals surface area contributed by atoms with Crippen LogP contribution in [0.3, 0.4) is 0 Å². The van der Waals surface area contributed by atoms with Crippen molar-refractivity contribution in [3.8, 4) is 12.3 Å². The number of amides is 1. The van der Waals surface area contributed by atoms with Gasteiger partial charge in [0.1, 0.15) is 0 Å². The SMILES string of the molecule is C#CCN(C(=O)CCc1ccc(S(=O)(=O)N2CCCCC2)cc1)C1CCCCC1. The van der Waals surface area contributed by atoms with Crippen LogP contribution in [0.1, 0.15) is 63.4 Å². The highest BCUT2D eigenvalue weighted by Gasteiger charge is 2.26. The number of nitrogens with zero attached hydrogens (tertiary/aromatic N) is 2. The Morgan fingerprint density at radius 3 is 2.28 bits per heavy atom. The largest absolute Gasteiger partial charge is 0.329 e. The van der Waals surface area contributed by atoms with Crippen LogP contribution >= 0.6 is 0 Å². The van der Waals surface area contributed by atoms with E-state index in [-0.39, 0.29) is 11.9 Å². The summed E-state index contributed by atoms with van der Waals surface area (Å²) in [5, 5.41) is 0. The van der Waals surface area contributed by atoms with Crippen LogP contribution in [-0.2, 0) is 21.2 Å². The smallest absolute Gasteiger partial charge is 0.243 e. The highest BCUT2D eigenvalue weighted by molar-refractivity contribution is 7.89. The second-order valence-electron chi connectivity index (χ2n) is 8.13. The lowest BCUT2D eigenvalue weighted by atomic mass is 9.93. The van der Waals surface area contributed by atoms with Crippen LogP contribution in [0, 0.1) is 12.3 Å². The van der Waals surface area contributed by atoms with Crippen LogP contribution in [0.25, 0.3) is 0 Å². The second-order valence-corrected chi connectivity index (χ2v) is 10.1. The van der Waals surface area contributed by atoms with Crippen molar-refractivity contribution < 1.29 is 13.2 Å². The molecule has 29 heavy (non-hydrogen) atoms. The van der Waals surface area contributed by atoms with Gasteiger partial charge < -0.3 is 4.90 Å². The maximum atomic E-state index is 12.8. The van der Waals surface area contributed by atoms with Crippen molar-refractivity contribution in [1.82, 2.24) is 9.21 Å². The molecule has 0 aromatic heterocycles. The van der Waals surface area contributed by atoms with E-state index in [1.165, 1.54) is 6.42 Å². The number of benzene rings is 1. The van der Waals surface area contributed by atoms with E-state index in [1.54, 1.807) is 16.4 Å². The Balaban J connectivity index is 1.59. The van der Waals surface area contributed by atoms with E-state index in [2.05, 4.69) is 5.92 Å². The van der Waals surface area contributed by atoms with Gasteiger partial charge in [-0.15, -0.1) is 6.42 Å². The minimum absolute atomic E-state index is 0.0971. The van der Waals surface area contributed by atoms with Crippen LogP contribution in [0.5, 0.6) is 0 Å². The summed E-state index contributed by atoms with van der Waals surface area (Å²) in [4.78, 5) is 15.0. The third-order valence-corrected chi connectivity index (χ3v) is 8.01. The predicted octanol–water partition coefficient (Wildman–Crippen LogP) is 3.59. The minimum atomic E-state index is -3.41. The molecule has 0 spiro atoms. The van der Waals surface area contributed by atoms with E-state index in [0.29, 0.717) is 37.4 Å². The first-order valence-electron chi connectivity index (χ1n) is 10.8. The first-order chi connectivity index (χ1) is 14.0. The number of hydrogen-bond donors (Lipinski definition) is 0. The summed E-state index contributed by atoms with van der Waals surface area (Å²) in [6.07, 6.45) is 15.1. The fourth-order valence-electron chi connectivity index (χ4n) is 4.39. The summed E-state index contributed by atoms with van der Waals surface area (Å²) < 4.78 is 27.1. The van der Waals surface area contributed by atoms with Crippen molar-refractivity contribution in [1.29, 1.82) is 0 Å². The Hall–Kier alpha value is -1.84. The number of hydrogen-bond acceptors (Lipinski definition) is 3. The molecule has 3 rings (SSSR count). The molecule has 2 fully saturated rings. The quantitative estimate of drug-likeness (QED) is 0.638. The van der Waals surface area contributed by atoms with Crippen LogP contribution < -0.4 is 0 Å². The number of aryl methyl sites for hydroxylation is 1. The van der Waals surface area contributed by atoms with Crippen LogP contribution in [-0.4, -0.2) is 49.2 Å².